The molecule has 24 heavy (non-hydrogen) atoms. The van der Waals surface area contributed by atoms with E-state index in [1.165, 1.54) is 4.90 Å². The number of nitrogens with zero attached hydrogens (tertiary/aromatic N) is 1. The highest BCUT2D eigenvalue weighted by Crippen LogP contribution is 2.52. The van der Waals surface area contributed by atoms with Gasteiger partial charge in [-0.15, -0.1) is 0 Å². The number of benzene rings is 1. The Morgan fingerprint density at radius 2 is 1.62 bits per heavy atom. The maximum absolute atomic E-state index is 13.5. The lowest BCUT2D eigenvalue weighted by atomic mass is 9.82. The Bertz CT molecular complexity index is 583. The molecule has 0 unspecified atom stereocenters. The van der Waals surface area contributed by atoms with Crippen LogP contribution in [0, 0.1) is 5.41 Å². The maximum atomic E-state index is 13.5. The lowest BCUT2D eigenvalue weighted by Crippen LogP contribution is -2.52. The number of likely N-dealkylation sites (tertiary alicyclic amines) is 1. The summed E-state index contributed by atoms with van der Waals surface area (Å²) in [7, 11) is 0. The Kier molecular flexibility index (Phi) is 4.49. The molecule has 1 aliphatic carbocycles. The molecule has 6 heteroatoms. The normalized spacial score (nSPS) is 21.9. The fourth-order valence-electron chi connectivity index (χ4n) is 4.06. The van der Waals surface area contributed by atoms with Crippen molar-refractivity contribution in [2.45, 2.75) is 50.6 Å². The molecule has 3 rings (SSSR count). The lowest BCUT2D eigenvalue weighted by molar-refractivity contribution is -0.226. The third-order valence-electron chi connectivity index (χ3n) is 5.56. The molecule has 2 fully saturated rings. The fourth-order valence-corrected chi connectivity index (χ4v) is 4.06. The second kappa shape index (κ2) is 6.30. The van der Waals surface area contributed by atoms with Gasteiger partial charge in [0.05, 0.1) is 0 Å². The first-order valence-corrected chi connectivity index (χ1v) is 8.48. The molecule has 1 N–H and O–H groups in total. The van der Waals surface area contributed by atoms with Gasteiger partial charge in [0.25, 0.3) is 0 Å². The van der Waals surface area contributed by atoms with E-state index in [1.807, 2.05) is 12.1 Å². The van der Waals surface area contributed by atoms with Crippen LogP contribution in [0.3, 0.4) is 0 Å². The van der Waals surface area contributed by atoms with Crippen LogP contribution in [0.2, 0.25) is 0 Å². The second-order valence-electron chi connectivity index (χ2n) is 6.94. The number of phenolic OH excluding ortho intramolecular Hbond substituents is 1. The van der Waals surface area contributed by atoms with Gasteiger partial charge in [-0.1, -0.05) is 25.0 Å². The number of carbonyl (C=O) groups excluding carboxylic acids is 1. The van der Waals surface area contributed by atoms with Crippen molar-refractivity contribution in [2.75, 3.05) is 13.1 Å². The standard InChI is InChI=1S/C18H22F3NO2/c19-18(20,21)17(9-1-2-10-17)16(24)22-11-7-14(8-12-22)13-3-5-15(23)6-4-13/h3-6,14,23H,1-2,7-12H2. The van der Waals surface area contributed by atoms with E-state index >= 15 is 0 Å². The highest BCUT2D eigenvalue weighted by molar-refractivity contribution is 5.84. The molecule has 0 bridgehead atoms. The Morgan fingerprint density at radius 3 is 2.12 bits per heavy atom. The van der Waals surface area contributed by atoms with Gasteiger partial charge in [0.1, 0.15) is 11.2 Å². The molecule has 2 aliphatic rings. The Labute approximate surface area is 139 Å². The minimum absolute atomic E-state index is 0.0762. The zero-order valence-electron chi connectivity index (χ0n) is 13.5. The van der Waals surface area contributed by atoms with Crippen LogP contribution in [0.15, 0.2) is 24.3 Å². The Balaban J connectivity index is 1.67. The van der Waals surface area contributed by atoms with Crippen molar-refractivity contribution in [3.8, 4) is 5.75 Å². The molecule has 1 aromatic carbocycles. The van der Waals surface area contributed by atoms with Crippen LogP contribution < -0.4 is 0 Å². The van der Waals surface area contributed by atoms with Crippen molar-refractivity contribution in [1.82, 2.24) is 4.90 Å². The lowest BCUT2D eigenvalue weighted by Gasteiger charge is -2.39. The number of carbonyl (C=O) groups is 1. The van der Waals surface area contributed by atoms with Crippen LogP contribution >= 0.6 is 0 Å². The van der Waals surface area contributed by atoms with Crippen molar-refractivity contribution in [3.05, 3.63) is 29.8 Å². The van der Waals surface area contributed by atoms with Gasteiger partial charge in [-0.3, -0.25) is 4.79 Å². The van der Waals surface area contributed by atoms with E-state index in [9.17, 15) is 23.1 Å². The van der Waals surface area contributed by atoms with Gasteiger partial charge in [-0.25, -0.2) is 0 Å². The zero-order valence-corrected chi connectivity index (χ0v) is 13.5. The predicted molar refractivity (Wildman–Crippen MR) is 83.6 cm³/mol. The molecule has 0 aromatic heterocycles. The number of phenols is 1. The SMILES string of the molecule is O=C(N1CCC(c2ccc(O)cc2)CC1)C1(C(F)(F)F)CCCC1. The fraction of sp³-hybridized carbons (Fsp3) is 0.611. The average Bonchev–Trinajstić information content (AvgIpc) is 3.06. The third-order valence-corrected chi connectivity index (χ3v) is 5.56. The zero-order chi connectivity index (χ0) is 17.4. The van der Waals surface area contributed by atoms with E-state index in [2.05, 4.69) is 0 Å². The molecular formula is C18H22F3NO2. The summed E-state index contributed by atoms with van der Waals surface area (Å²) < 4.78 is 40.6. The number of rotatable bonds is 2. The van der Waals surface area contributed by atoms with Crippen molar-refractivity contribution in [1.29, 1.82) is 0 Å². The van der Waals surface area contributed by atoms with Crippen LogP contribution in [0.4, 0.5) is 13.2 Å². The summed E-state index contributed by atoms with van der Waals surface area (Å²) in [6.45, 7) is 0.727. The number of alkyl halides is 3. The number of hydrogen-bond acceptors (Lipinski definition) is 2. The minimum Gasteiger partial charge on any atom is -0.508 e. The molecule has 0 radical (unpaired) electrons. The quantitative estimate of drug-likeness (QED) is 0.875. The highest BCUT2D eigenvalue weighted by atomic mass is 19.4. The van der Waals surface area contributed by atoms with Crippen molar-refractivity contribution >= 4 is 5.91 Å². The van der Waals surface area contributed by atoms with Gasteiger partial charge >= 0.3 is 6.18 Å². The summed E-state index contributed by atoms with van der Waals surface area (Å²) in [6, 6.07) is 6.91. The number of halogens is 3. The minimum atomic E-state index is -4.46. The monoisotopic (exact) mass is 341 g/mol. The van der Waals surface area contributed by atoms with E-state index in [1.54, 1.807) is 12.1 Å². The predicted octanol–water partition coefficient (Wildman–Crippen LogP) is 4.22. The molecule has 1 aromatic rings. The number of piperidine rings is 1. The van der Waals surface area contributed by atoms with Crippen LogP contribution in [0.5, 0.6) is 5.75 Å². The van der Waals surface area contributed by atoms with Crippen LogP contribution in [0.25, 0.3) is 0 Å². The van der Waals surface area contributed by atoms with Gasteiger partial charge < -0.3 is 10.0 Å². The summed E-state index contributed by atoms with van der Waals surface area (Å²) >= 11 is 0. The first kappa shape index (κ1) is 17.1. The van der Waals surface area contributed by atoms with E-state index in [-0.39, 0.29) is 24.5 Å². The molecule has 132 valence electrons. The molecule has 1 saturated heterocycles. The number of amides is 1. The molecule has 1 amide bonds. The molecule has 1 aliphatic heterocycles. The van der Waals surface area contributed by atoms with Crippen LogP contribution in [-0.4, -0.2) is 35.2 Å². The van der Waals surface area contributed by atoms with E-state index < -0.39 is 17.5 Å². The van der Waals surface area contributed by atoms with E-state index in [0.29, 0.717) is 38.8 Å². The highest BCUT2D eigenvalue weighted by Gasteiger charge is 2.62. The van der Waals surface area contributed by atoms with Gasteiger partial charge in [0.15, 0.2) is 0 Å². The van der Waals surface area contributed by atoms with Gasteiger partial charge in [-0.05, 0) is 49.3 Å². The van der Waals surface area contributed by atoms with Crippen molar-refractivity contribution in [3.63, 3.8) is 0 Å². The van der Waals surface area contributed by atoms with E-state index in [4.69, 9.17) is 0 Å². The van der Waals surface area contributed by atoms with Crippen LogP contribution in [-0.2, 0) is 4.79 Å². The average molecular weight is 341 g/mol. The number of aromatic hydroxyl groups is 1. The smallest absolute Gasteiger partial charge is 0.403 e. The molecular weight excluding hydrogens is 319 g/mol. The van der Waals surface area contributed by atoms with Gasteiger partial charge in [-0.2, -0.15) is 13.2 Å². The van der Waals surface area contributed by atoms with Crippen molar-refractivity contribution in [2.24, 2.45) is 5.41 Å². The largest absolute Gasteiger partial charge is 0.508 e. The Morgan fingerprint density at radius 1 is 1.08 bits per heavy atom. The third kappa shape index (κ3) is 2.98. The molecule has 0 spiro atoms. The van der Waals surface area contributed by atoms with Crippen LogP contribution in [0.1, 0.15) is 50.0 Å². The summed E-state index contributed by atoms with van der Waals surface area (Å²) in [6.07, 6.45) is -2.37. The van der Waals surface area contributed by atoms with Gasteiger partial charge in [0.2, 0.25) is 5.91 Å². The van der Waals surface area contributed by atoms with Gasteiger partial charge in [0, 0.05) is 13.1 Å². The summed E-state index contributed by atoms with van der Waals surface area (Å²) in [5, 5.41) is 9.34. The molecule has 3 nitrogen and oxygen atoms in total. The van der Waals surface area contributed by atoms with Crippen molar-refractivity contribution < 1.29 is 23.1 Å². The topological polar surface area (TPSA) is 40.5 Å². The molecule has 1 saturated carbocycles. The molecule has 0 atom stereocenters. The summed E-state index contributed by atoms with van der Waals surface area (Å²) in [5.74, 6) is -0.309. The Hall–Kier alpha value is -1.72. The summed E-state index contributed by atoms with van der Waals surface area (Å²) in [4.78, 5) is 14.0. The first-order chi connectivity index (χ1) is 11.3. The summed E-state index contributed by atoms with van der Waals surface area (Å²) in [5.41, 5.74) is -1.09. The van der Waals surface area contributed by atoms with E-state index in [0.717, 1.165) is 5.56 Å². The molecule has 1 heterocycles. The number of hydrogen-bond donors (Lipinski definition) is 1. The maximum Gasteiger partial charge on any atom is 0.403 e. The first-order valence-electron chi connectivity index (χ1n) is 8.48. The second-order valence-corrected chi connectivity index (χ2v) is 6.94.